The lowest BCUT2D eigenvalue weighted by Gasteiger charge is -2.34. The highest BCUT2D eigenvalue weighted by Gasteiger charge is 2.23. The van der Waals surface area contributed by atoms with Crippen molar-refractivity contribution in [3.8, 4) is 28.0 Å². The number of halogens is 2. The first-order valence-electron chi connectivity index (χ1n) is 11.1. The predicted octanol–water partition coefficient (Wildman–Crippen LogP) is 5.78. The molecule has 6 heteroatoms. The van der Waals surface area contributed by atoms with Gasteiger partial charge in [0.05, 0.1) is 18.3 Å². The van der Waals surface area contributed by atoms with Crippen molar-refractivity contribution in [1.29, 1.82) is 0 Å². The van der Waals surface area contributed by atoms with Crippen LogP contribution in [0.4, 0.5) is 14.5 Å². The molecule has 0 spiro atoms. The van der Waals surface area contributed by atoms with E-state index in [0.717, 1.165) is 65.5 Å². The van der Waals surface area contributed by atoms with Crippen molar-refractivity contribution in [2.45, 2.75) is 18.9 Å². The topological polar surface area (TPSA) is 51.4 Å². The Hall–Kier alpha value is -3.51. The second-order valence-corrected chi connectivity index (χ2v) is 8.47. The second-order valence-electron chi connectivity index (χ2n) is 8.47. The van der Waals surface area contributed by atoms with E-state index in [0.29, 0.717) is 11.1 Å². The molecular weight excluding hydrogens is 420 g/mol. The quantitative estimate of drug-likeness (QED) is 0.432. The van der Waals surface area contributed by atoms with E-state index in [1.54, 1.807) is 13.3 Å². The number of piperidine rings is 1. The van der Waals surface area contributed by atoms with Crippen LogP contribution >= 0.6 is 0 Å². The Morgan fingerprint density at radius 2 is 1.64 bits per heavy atom. The average molecular weight is 446 g/mol. The number of nitrogens with two attached hydrogens (primary N) is 1. The highest BCUT2D eigenvalue weighted by atomic mass is 19.1. The summed E-state index contributed by atoms with van der Waals surface area (Å²) in [7, 11) is 1.65. The molecule has 3 aromatic carbocycles. The van der Waals surface area contributed by atoms with Gasteiger partial charge in [-0.3, -0.25) is 4.98 Å². The fourth-order valence-corrected chi connectivity index (χ4v) is 4.55. The van der Waals surface area contributed by atoms with E-state index in [4.69, 9.17) is 10.5 Å². The van der Waals surface area contributed by atoms with Gasteiger partial charge < -0.3 is 15.4 Å². The fourth-order valence-electron chi connectivity index (χ4n) is 4.55. The van der Waals surface area contributed by atoms with Crippen LogP contribution in [0.25, 0.3) is 33.2 Å². The van der Waals surface area contributed by atoms with E-state index in [-0.39, 0.29) is 6.04 Å². The molecule has 0 unspecified atom stereocenters. The molecule has 2 heterocycles. The van der Waals surface area contributed by atoms with Gasteiger partial charge in [0.25, 0.3) is 0 Å². The van der Waals surface area contributed by atoms with Crippen LogP contribution in [0, 0.1) is 11.6 Å². The maximum Gasteiger partial charge on any atom is 0.126 e. The van der Waals surface area contributed by atoms with Crippen molar-refractivity contribution in [1.82, 2.24) is 4.98 Å². The molecule has 33 heavy (non-hydrogen) atoms. The minimum atomic E-state index is -0.609. The number of hydrogen-bond donors (Lipinski definition) is 1. The Morgan fingerprint density at radius 3 is 2.36 bits per heavy atom. The zero-order valence-corrected chi connectivity index (χ0v) is 18.4. The van der Waals surface area contributed by atoms with Crippen LogP contribution in [0.2, 0.25) is 0 Å². The molecule has 0 saturated carbocycles. The molecule has 1 aliphatic heterocycles. The molecule has 1 fully saturated rings. The summed E-state index contributed by atoms with van der Waals surface area (Å²) in [5.41, 5.74) is 11.1. The van der Waals surface area contributed by atoms with Gasteiger partial charge in [-0.05, 0) is 65.9 Å². The van der Waals surface area contributed by atoms with E-state index < -0.39 is 11.6 Å². The summed E-state index contributed by atoms with van der Waals surface area (Å²) in [6, 6.07) is 17.8. The molecule has 0 atom stereocenters. The summed E-state index contributed by atoms with van der Waals surface area (Å²) in [5.74, 6) is -0.441. The first kappa shape index (κ1) is 21.3. The van der Waals surface area contributed by atoms with Gasteiger partial charge in [-0.25, -0.2) is 8.78 Å². The molecule has 2 N–H and O–H groups in total. The minimum absolute atomic E-state index is 0.164. The normalized spacial score (nSPS) is 14.6. The van der Waals surface area contributed by atoms with Crippen molar-refractivity contribution in [3.63, 3.8) is 0 Å². The van der Waals surface area contributed by atoms with E-state index in [1.807, 2.05) is 36.4 Å². The maximum absolute atomic E-state index is 14.1. The number of rotatable bonds is 4. The summed E-state index contributed by atoms with van der Waals surface area (Å²) in [4.78, 5) is 6.90. The number of aromatic nitrogens is 1. The van der Waals surface area contributed by atoms with Crippen LogP contribution < -0.4 is 15.4 Å². The Bertz CT molecular complexity index is 1300. The van der Waals surface area contributed by atoms with Crippen LogP contribution in [-0.4, -0.2) is 31.2 Å². The lowest BCUT2D eigenvalue weighted by Crippen LogP contribution is -2.40. The van der Waals surface area contributed by atoms with Crippen LogP contribution in [0.3, 0.4) is 0 Å². The highest BCUT2D eigenvalue weighted by Crippen LogP contribution is 2.40. The number of nitrogens with zero attached hydrogens (tertiary/aromatic N) is 2. The average Bonchev–Trinajstić information content (AvgIpc) is 2.83. The molecule has 0 aliphatic carbocycles. The first-order valence-corrected chi connectivity index (χ1v) is 11.1. The van der Waals surface area contributed by atoms with Crippen molar-refractivity contribution in [2.75, 3.05) is 25.1 Å². The molecule has 0 bridgehead atoms. The van der Waals surface area contributed by atoms with Crippen LogP contribution in [0.5, 0.6) is 5.75 Å². The van der Waals surface area contributed by atoms with E-state index in [9.17, 15) is 8.78 Å². The predicted molar refractivity (Wildman–Crippen MR) is 129 cm³/mol. The molecule has 0 radical (unpaired) electrons. The number of anilines is 1. The number of methoxy groups -OCH3 is 1. The second kappa shape index (κ2) is 8.79. The number of fused-ring (bicyclic) bond motifs is 1. The summed E-state index contributed by atoms with van der Waals surface area (Å²) in [5, 5.41) is 0.938. The van der Waals surface area contributed by atoms with Gasteiger partial charge in [0.1, 0.15) is 17.4 Å². The van der Waals surface area contributed by atoms with Gasteiger partial charge in [0.2, 0.25) is 0 Å². The Balaban J connectivity index is 1.73. The zero-order chi connectivity index (χ0) is 22.9. The van der Waals surface area contributed by atoms with Crippen molar-refractivity contribution in [2.24, 2.45) is 5.73 Å². The van der Waals surface area contributed by atoms with Crippen LogP contribution in [0.15, 0.2) is 66.9 Å². The third-order valence-corrected chi connectivity index (χ3v) is 6.27. The maximum atomic E-state index is 14.1. The standard InChI is InChI=1S/C27H25F2N3O/c1-33-23-4-2-3-17(13-23)18-5-6-26-24(14-18)27(32-9-7-22(30)8-10-32)25(16-31-26)19-11-20(28)15-21(29)12-19/h2-6,11-16,22H,7-10,30H2,1H3. The van der Waals surface area contributed by atoms with Crippen LogP contribution in [-0.2, 0) is 0 Å². The molecule has 4 aromatic rings. The van der Waals surface area contributed by atoms with E-state index >= 15 is 0 Å². The zero-order valence-electron chi connectivity index (χ0n) is 18.4. The van der Waals surface area contributed by atoms with Gasteiger partial charge in [-0.1, -0.05) is 18.2 Å². The third kappa shape index (κ3) is 4.26. The molecular formula is C27H25F2N3O. The third-order valence-electron chi connectivity index (χ3n) is 6.27. The molecule has 4 nitrogen and oxygen atoms in total. The first-order chi connectivity index (χ1) is 16.0. The van der Waals surface area contributed by atoms with Gasteiger partial charge in [0.15, 0.2) is 0 Å². The molecule has 0 amide bonds. The fraction of sp³-hybridized carbons (Fsp3) is 0.222. The summed E-state index contributed by atoms with van der Waals surface area (Å²) < 4.78 is 33.6. The molecule has 168 valence electrons. The lowest BCUT2D eigenvalue weighted by molar-refractivity contribution is 0.415. The number of pyridine rings is 1. The van der Waals surface area contributed by atoms with Gasteiger partial charge >= 0.3 is 0 Å². The Labute approximate surface area is 191 Å². The molecule has 5 rings (SSSR count). The largest absolute Gasteiger partial charge is 0.497 e. The summed E-state index contributed by atoms with van der Waals surface area (Å²) in [6.45, 7) is 1.54. The number of benzene rings is 3. The SMILES string of the molecule is COc1cccc(-c2ccc3ncc(-c4cc(F)cc(F)c4)c(N4CCC(N)CC4)c3c2)c1. The molecule has 1 saturated heterocycles. The van der Waals surface area contributed by atoms with Crippen molar-refractivity contribution in [3.05, 3.63) is 78.5 Å². The number of hydrogen-bond acceptors (Lipinski definition) is 4. The van der Waals surface area contributed by atoms with Gasteiger partial charge in [-0.2, -0.15) is 0 Å². The van der Waals surface area contributed by atoms with Gasteiger partial charge in [-0.15, -0.1) is 0 Å². The Kier molecular flexibility index (Phi) is 5.68. The monoisotopic (exact) mass is 445 g/mol. The Morgan fingerprint density at radius 1 is 0.909 bits per heavy atom. The smallest absolute Gasteiger partial charge is 0.126 e. The van der Waals surface area contributed by atoms with Gasteiger partial charge in [0, 0.05) is 42.3 Å². The van der Waals surface area contributed by atoms with E-state index in [1.165, 1.54) is 12.1 Å². The van der Waals surface area contributed by atoms with E-state index in [2.05, 4.69) is 16.0 Å². The molecule has 1 aliphatic rings. The molecule has 1 aromatic heterocycles. The van der Waals surface area contributed by atoms with Crippen molar-refractivity contribution >= 4 is 16.6 Å². The minimum Gasteiger partial charge on any atom is -0.497 e. The van der Waals surface area contributed by atoms with Crippen LogP contribution in [0.1, 0.15) is 12.8 Å². The van der Waals surface area contributed by atoms with Crippen molar-refractivity contribution < 1.29 is 13.5 Å². The lowest BCUT2D eigenvalue weighted by atomic mass is 9.96. The summed E-state index contributed by atoms with van der Waals surface area (Å²) in [6.07, 6.45) is 3.43. The highest BCUT2D eigenvalue weighted by molar-refractivity contribution is 6.01. The number of ether oxygens (including phenoxy) is 1. The summed E-state index contributed by atoms with van der Waals surface area (Å²) >= 11 is 0.